The van der Waals surface area contributed by atoms with Crippen molar-refractivity contribution in [3.63, 3.8) is 0 Å². The number of nitrogens with zero attached hydrogens (tertiary/aromatic N) is 3. The maximum absolute atomic E-state index is 13.1. The molecule has 6 heteroatoms. The summed E-state index contributed by atoms with van der Waals surface area (Å²) in [5, 5.41) is 7.11. The Morgan fingerprint density at radius 2 is 1.96 bits per heavy atom. The molecule has 1 amide bonds. The first kappa shape index (κ1) is 17.7. The van der Waals surface area contributed by atoms with E-state index in [0.717, 1.165) is 24.0 Å². The number of azo groups is 1. The van der Waals surface area contributed by atoms with Gasteiger partial charge in [-0.1, -0.05) is 45.0 Å². The lowest BCUT2D eigenvalue weighted by Crippen LogP contribution is -2.35. The molecule has 0 aromatic heterocycles. The molecule has 134 valence electrons. The van der Waals surface area contributed by atoms with Crippen LogP contribution in [0.15, 0.2) is 45.8 Å². The highest BCUT2D eigenvalue weighted by molar-refractivity contribution is 5.95. The summed E-state index contributed by atoms with van der Waals surface area (Å²) in [6.07, 6.45) is -0.947. The van der Waals surface area contributed by atoms with Crippen molar-refractivity contribution in [3.05, 3.63) is 46.7 Å². The first-order valence-electron chi connectivity index (χ1n) is 8.57. The number of carbonyl (C=O) groups is 1. The molecule has 0 spiro atoms. The number of carbonyl (C=O) groups excluding carboxylic acids is 1. The molecule has 0 unspecified atom stereocenters. The van der Waals surface area contributed by atoms with Gasteiger partial charge in [-0.2, -0.15) is 10.2 Å². The summed E-state index contributed by atoms with van der Waals surface area (Å²) < 4.78 is 26.2. The summed E-state index contributed by atoms with van der Waals surface area (Å²) in [4.78, 5) is 14.6. The monoisotopic (exact) mass is 347 g/mol. The average Bonchev–Trinajstić information content (AvgIpc) is 3.26. The second kappa shape index (κ2) is 6.65. The topological polar surface area (TPSA) is 45.0 Å². The Hall–Kier alpha value is -2.11. The number of halogens is 2. The van der Waals surface area contributed by atoms with E-state index in [1.807, 2.05) is 18.2 Å². The van der Waals surface area contributed by atoms with Gasteiger partial charge in [-0.25, -0.2) is 8.78 Å². The molecule has 1 heterocycles. The molecule has 1 aliphatic carbocycles. The Kier molecular flexibility index (Phi) is 4.71. The van der Waals surface area contributed by atoms with Crippen LogP contribution in [0.1, 0.15) is 44.7 Å². The molecule has 2 aliphatic rings. The first-order chi connectivity index (χ1) is 11.8. The first-order valence-corrected chi connectivity index (χ1v) is 8.57. The van der Waals surface area contributed by atoms with Gasteiger partial charge in [0.2, 0.25) is 0 Å². The highest BCUT2D eigenvalue weighted by atomic mass is 19.3. The van der Waals surface area contributed by atoms with Gasteiger partial charge >= 0.3 is 0 Å². The fraction of sp³-hybridized carbons (Fsp3) is 0.526. The number of hydrogen-bond acceptors (Lipinski definition) is 3. The molecule has 0 N–H and O–H groups in total. The van der Waals surface area contributed by atoms with E-state index < -0.39 is 12.1 Å². The molecular weight excluding hydrogens is 324 g/mol. The number of amides is 1. The normalized spacial score (nSPS) is 17.5. The van der Waals surface area contributed by atoms with Crippen LogP contribution in [0.25, 0.3) is 0 Å². The zero-order valence-corrected chi connectivity index (χ0v) is 14.8. The summed E-state index contributed by atoms with van der Waals surface area (Å²) in [7, 11) is 0. The van der Waals surface area contributed by atoms with Crippen LogP contribution in [0, 0.1) is 0 Å². The predicted molar refractivity (Wildman–Crippen MR) is 91.5 cm³/mol. The molecule has 25 heavy (non-hydrogen) atoms. The number of allylic oxidation sites excluding steroid dienone is 1. The van der Waals surface area contributed by atoms with Crippen LogP contribution in [0.3, 0.4) is 0 Å². The number of hydrogen-bond donors (Lipinski definition) is 0. The zero-order valence-electron chi connectivity index (χ0n) is 14.8. The van der Waals surface area contributed by atoms with E-state index in [2.05, 4.69) is 37.1 Å². The Labute approximate surface area is 146 Å². The van der Waals surface area contributed by atoms with Crippen LogP contribution in [-0.2, 0) is 16.8 Å². The maximum atomic E-state index is 13.1. The molecule has 1 fully saturated rings. The van der Waals surface area contributed by atoms with Gasteiger partial charge in [0.25, 0.3) is 12.3 Å². The Morgan fingerprint density at radius 1 is 1.28 bits per heavy atom. The molecule has 1 aromatic rings. The fourth-order valence-electron chi connectivity index (χ4n) is 3.18. The Bertz CT molecular complexity index is 730. The lowest BCUT2D eigenvalue weighted by molar-refractivity contribution is -0.128. The minimum Gasteiger partial charge on any atom is -0.331 e. The minimum absolute atomic E-state index is 0.0372. The highest BCUT2D eigenvalue weighted by Crippen LogP contribution is 2.34. The highest BCUT2D eigenvalue weighted by Gasteiger charge is 2.37. The largest absolute Gasteiger partial charge is 0.331 e. The van der Waals surface area contributed by atoms with Crippen LogP contribution in [0.2, 0.25) is 0 Å². The van der Waals surface area contributed by atoms with Gasteiger partial charge in [0.05, 0.1) is 12.1 Å². The van der Waals surface area contributed by atoms with E-state index in [4.69, 9.17) is 0 Å². The van der Waals surface area contributed by atoms with E-state index in [1.54, 1.807) is 4.90 Å². The van der Waals surface area contributed by atoms with Crippen LogP contribution in [0.5, 0.6) is 0 Å². The van der Waals surface area contributed by atoms with Crippen LogP contribution < -0.4 is 0 Å². The van der Waals surface area contributed by atoms with Crippen molar-refractivity contribution in [1.82, 2.24) is 4.90 Å². The molecule has 0 saturated heterocycles. The number of rotatable bonds is 5. The van der Waals surface area contributed by atoms with Crippen molar-refractivity contribution in [2.45, 2.75) is 58.0 Å². The standard InChI is InChI=1S/C19H23F2N3O/c1-19(2,3)15-7-5-4-6-12(15)11-24(13-8-9-13)18(25)14-10-22-23-16(14)17(20)21/h4-7,13,17H,8-11H2,1-3H3. The summed E-state index contributed by atoms with van der Waals surface area (Å²) in [5.74, 6) is -0.355. The quantitative estimate of drug-likeness (QED) is 0.775. The number of alkyl halides is 2. The second-order valence-electron chi connectivity index (χ2n) is 7.64. The van der Waals surface area contributed by atoms with Gasteiger partial charge < -0.3 is 4.90 Å². The van der Waals surface area contributed by atoms with Gasteiger partial charge in [-0.05, 0) is 29.4 Å². The minimum atomic E-state index is -2.77. The lowest BCUT2D eigenvalue weighted by Gasteiger charge is -2.28. The molecule has 0 bridgehead atoms. The zero-order chi connectivity index (χ0) is 18.2. The van der Waals surface area contributed by atoms with Gasteiger partial charge in [-0.3, -0.25) is 4.79 Å². The van der Waals surface area contributed by atoms with E-state index in [0.29, 0.717) is 6.54 Å². The van der Waals surface area contributed by atoms with Gasteiger partial charge in [0, 0.05) is 12.6 Å². The van der Waals surface area contributed by atoms with Gasteiger partial charge in [-0.15, -0.1) is 0 Å². The smallest absolute Gasteiger partial charge is 0.282 e. The predicted octanol–water partition coefficient (Wildman–Crippen LogP) is 4.46. The lowest BCUT2D eigenvalue weighted by atomic mass is 9.83. The van der Waals surface area contributed by atoms with Gasteiger partial charge in [0.1, 0.15) is 5.70 Å². The van der Waals surface area contributed by atoms with Gasteiger partial charge in [0.15, 0.2) is 0 Å². The fourth-order valence-corrected chi connectivity index (χ4v) is 3.18. The van der Waals surface area contributed by atoms with Crippen molar-refractivity contribution < 1.29 is 13.6 Å². The molecule has 4 nitrogen and oxygen atoms in total. The van der Waals surface area contributed by atoms with Crippen molar-refractivity contribution in [2.75, 3.05) is 6.54 Å². The second-order valence-corrected chi connectivity index (χ2v) is 7.64. The third-order valence-corrected chi connectivity index (χ3v) is 4.60. The van der Waals surface area contributed by atoms with E-state index >= 15 is 0 Å². The van der Waals surface area contributed by atoms with Crippen LogP contribution in [-0.4, -0.2) is 29.8 Å². The van der Waals surface area contributed by atoms with Crippen molar-refractivity contribution in [3.8, 4) is 0 Å². The molecule has 1 saturated carbocycles. The molecule has 0 atom stereocenters. The average molecular weight is 347 g/mol. The summed E-state index contributed by atoms with van der Waals surface area (Å²) in [5.41, 5.74) is 1.73. The van der Waals surface area contributed by atoms with Crippen molar-refractivity contribution in [2.24, 2.45) is 10.2 Å². The number of benzene rings is 1. The summed E-state index contributed by atoms with van der Waals surface area (Å²) in [6.45, 7) is 6.75. The molecular formula is C19H23F2N3O. The SMILES string of the molecule is CC(C)(C)c1ccccc1CN(C(=O)C1=C(C(F)F)N=NC1)C1CC1. The van der Waals surface area contributed by atoms with Crippen molar-refractivity contribution >= 4 is 5.91 Å². The molecule has 3 rings (SSSR count). The van der Waals surface area contributed by atoms with E-state index in [1.165, 1.54) is 0 Å². The van der Waals surface area contributed by atoms with Crippen LogP contribution >= 0.6 is 0 Å². The maximum Gasteiger partial charge on any atom is 0.282 e. The molecule has 0 radical (unpaired) electrons. The van der Waals surface area contributed by atoms with E-state index in [-0.39, 0.29) is 29.5 Å². The Balaban J connectivity index is 1.89. The summed E-state index contributed by atoms with van der Waals surface area (Å²) in [6, 6.07) is 8.13. The Morgan fingerprint density at radius 3 is 2.56 bits per heavy atom. The van der Waals surface area contributed by atoms with Crippen molar-refractivity contribution in [1.29, 1.82) is 0 Å². The third-order valence-electron chi connectivity index (χ3n) is 4.60. The third kappa shape index (κ3) is 3.78. The van der Waals surface area contributed by atoms with Crippen LogP contribution in [0.4, 0.5) is 8.78 Å². The summed E-state index contributed by atoms with van der Waals surface area (Å²) >= 11 is 0. The molecule has 1 aliphatic heterocycles. The molecule has 1 aromatic carbocycles. The van der Waals surface area contributed by atoms with E-state index in [9.17, 15) is 13.6 Å².